The van der Waals surface area contributed by atoms with E-state index in [1.54, 1.807) is 16.2 Å². The van der Waals surface area contributed by atoms with Crippen LogP contribution in [0.15, 0.2) is 5.38 Å². The van der Waals surface area contributed by atoms with Crippen LogP contribution in [-0.2, 0) is 11.2 Å². The van der Waals surface area contributed by atoms with Crippen molar-refractivity contribution < 1.29 is 18.0 Å². The van der Waals surface area contributed by atoms with Gasteiger partial charge < -0.3 is 10.2 Å². The molecule has 1 aromatic heterocycles. The predicted molar refractivity (Wildman–Crippen MR) is 79.0 cm³/mol. The van der Waals surface area contributed by atoms with Crippen LogP contribution in [0.1, 0.15) is 36.4 Å². The molecule has 22 heavy (non-hydrogen) atoms. The van der Waals surface area contributed by atoms with Crippen LogP contribution in [-0.4, -0.2) is 48.1 Å². The number of alkyl halides is 3. The molecule has 0 saturated carbocycles. The van der Waals surface area contributed by atoms with Crippen molar-refractivity contribution in [2.45, 2.75) is 38.3 Å². The highest BCUT2D eigenvalue weighted by Gasteiger charge is 2.29. The third-order valence-electron chi connectivity index (χ3n) is 3.66. The fourth-order valence-electron chi connectivity index (χ4n) is 2.50. The van der Waals surface area contributed by atoms with Gasteiger partial charge in [0.15, 0.2) is 0 Å². The van der Waals surface area contributed by atoms with Crippen molar-refractivity contribution in [3.05, 3.63) is 16.1 Å². The Labute approximate surface area is 131 Å². The molecule has 0 aromatic carbocycles. The summed E-state index contributed by atoms with van der Waals surface area (Å²) < 4.78 is 36.2. The quantitative estimate of drug-likeness (QED) is 0.899. The first-order chi connectivity index (χ1) is 10.4. The van der Waals surface area contributed by atoms with Crippen LogP contribution < -0.4 is 5.32 Å². The Kier molecular flexibility index (Phi) is 5.80. The number of carbonyl (C=O) groups is 1. The van der Waals surface area contributed by atoms with E-state index in [-0.39, 0.29) is 18.4 Å². The van der Waals surface area contributed by atoms with Gasteiger partial charge in [0.25, 0.3) is 0 Å². The number of nitrogens with zero attached hydrogens (tertiary/aromatic N) is 2. The summed E-state index contributed by atoms with van der Waals surface area (Å²) in [5.41, 5.74) is 1.05. The maximum absolute atomic E-state index is 12.1. The number of halogens is 3. The van der Waals surface area contributed by atoms with E-state index in [9.17, 15) is 18.0 Å². The van der Waals surface area contributed by atoms with Gasteiger partial charge >= 0.3 is 6.18 Å². The number of aromatic nitrogens is 1. The van der Waals surface area contributed by atoms with Crippen LogP contribution in [0.3, 0.4) is 0 Å². The molecule has 1 saturated heterocycles. The molecule has 8 heteroatoms. The number of hydrogen-bond acceptors (Lipinski definition) is 4. The van der Waals surface area contributed by atoms with Crippen LogP contribution in [0.5, 0.6) is 0 Å². The molecule has 1 N–H and O–H groups in total. The molecule has 0 bridgehead atoms. The Balaban J connectivity index is 1.85. The monoisotopic (exact) mass is 335 g/mol. The van der Waals surface area contributed by atoms with Gasteiger partial charge in [0.1, 0.15) is 0 Å². The van der Waals surface area contributed by atoms with Crippen LogP contribution >= 0.6 is 11.3 Å². The highest BCUT2D eigenvalue weighted by molar-refractivity contribution is 7.09. The molecule has 1 aliphatic heterocycles. The van der Waals surface area contributed by atoms with Gasteiger partial charge in [0.05, 0.1) is 23.8 Å². The van der Waals surface area contributed by atoms with Gasteiger partial charge in [-0.2, -0.15) is 13.2 Å². The molecule has 2 rings (SSSR count). The normalized spacial score (nSPS) is 19.5. The van der Waals surface area contributed by atoms with Crippen molar-refractivity contribution in [3.63, 3.8) is 0 Å². The zero-order valence-electron chi connectivity index (χ0n) is 12.4. The number of amides is 1. The zero-order chi connectivity index (χ0) is 16.2. The first kappa shape index (κ1) is 17.2. The van der Waals surface area contributed by atoms with E-state index in [0.29, 0.717) is 13.1 Å². The van der Waals surface area contributed by atoms with Gasteiger partial charge in [-0.05, 0) is 19.3 Å². The molecule has 1 atom stereocenters. The summed E-state index contributed by atoms with van der Waals surface area (Å²) in [7, 11) is 0. The van der Waals surface area contributed by atoms with Crippen molar-refractivity contribution in [2.24, 2.45) is 0 Å². The van der Waals surface area contributed by atoms with Crippen molar-refractivity contribution in [2.75, 3.05) is 26.2 Å². The Hall–Kier alpha value is -1.15. The number of hydrogen-bond donors (Lipinski definition) is 1. The van der Waals surface area contributed by atoms with E-state index >= 15 is 0 Å². The largest absolute Gasteiger partial charge is 0.401 e. The summed E-state index contributed by atoms with van der Waals surface area (Å²) in [6.07, 6.45) is -1.58. The summed E-state index contributed by atoms with van der Waals surface area (Å²) in [5, 5.41) is 5.22. The molecule has 0 radical (unpaired) electrons. The highest BCUT2D eigenvalue weighted by atomic mass is 32.1. The molecule has 1 aromatic rings. The summed E-state index contributed by atoms with van der Waals surface area (Å²) in [5.74, 6) is -0.0770. The number of thiazole rings is 1. The average molecular weight is 335 g/mol. The third-order valence-corrected chi connectivity index (χ3v) is 4.71. The maximum atomic E-state index is 12.1. The number of nitrogens with one attached hydrogen (secondary N) is 1. The summed E-state index contributed by atoms with van der Waals surface area (Å²) in [6, 6.07) is 0. The Morgan fingerprint density at radius 3 is 2.95 bits per heavy atom. The van der Waals surface area contributed by atoms with Gasteiger partial charge in [-0.25, -0.2) is 4.98 Å². The van der Waals surface area contributed by atoms with E-state index in [1.807, 2.05) is 12.3 Å². The molecule has 4 nitrogen and oxygen atoms in total. The number of aryl methyl sites for hydroxylation is 1. The zero-order valence-corrected chi connectivity index (χ0v) is 13.3. The molecule has 0 aliphatic carbocycles. The third kappa shape index (κ3) is 4.95. The number of piperidine rings is 1. The smallest absolute Gasteiger partial charge is 0.341 e. The second-order valence-electron chi connectivity index (χ2n) is 5.43. The summed E-state index contributed by atoms with van der Waals surface area (Å²) in [4.78, 5) is 18.2. The van der Waals surface area contributed by atoms with Crippen molar-refractivity contribution in [1.29, 1.82) is 0 Å². The molecule has 0 spiro atoms. The van der Waals surface area contributed by atoms with E-state index in [4.69, 9.17) is 0 Å². The standard InChI is InChI=1S/C14H20F3N3OS/c1-2-11-8-22-13(19-11)10-4-3-5-20(7-10)12(21)6-18-9-14(15,16)17/h8,10,18H,2-7,9H2,1H3/t10-/m0/s1. The lowest BCUT2D eigenvalue weighted by atomic mass is 9.98. The molecule has 1 aliphatic rings. The number of rotatable bonds is 5. The Bertz CT molecular complexity index is 504. The SMILES string of the molecule is CCc1csc([C@H]2CCCN(C(=O)CNCC(F)(F)F)C2)n1. The van der Waals surface area contributed by atoms with Crippen LogP contribution in [0.25, 0.3) is 0 Å². The summed E-state index contributed by atoms with van der Waals surface area (Å²) in [6.45, 7) is 1.78. The average Bonchev–Trinajstić information content (AvgIpc) is 2.95. The minimum absolute atomic E-state index is 0.200. The predicted octanol–water partition coefficient (Wildman–Crippen LogP) is 2.56. The van der Waals surface area contributed by atoms with E-state index < -0.39 is 12.7 Å². The molecular weight excluding hydrogens is 315 g/mol. The maximum Gasteiger partial charge on any atom is 0.401 e. The highest BCUT2D eigenvalue weighted by Crippen LogP contribution is 2.29. The van der Waals surface area contributed by atoms with Crippen LogP contribution in [0.4, 0.5) is 13.2 Å². The second-order valence-corrected chi connectivity index (χ2v) is 6.32. The molecule has 1 amide bonds. The number of likely N-dealkylation sites (tertiary alicyclic amines) is 1. The van der Waals surface area contributed by atoms with E-state index in [1.165, 1.54) is 0 Å². The van der Waals surface area contributed by atoms with Gasteiger partial charge in [-0.3, -0.25) is 4.79 Å². The van der Waals surface area contributed by atoms with E-state index in [0.717, 1.165) is 30.0 Å². The van der Waals surface area contributed by atoms with Crippen molar-refractivity contribution in [3.8, 4) is 0 Å². The first-order valence-electron chi connectivity index (χ1n) is 7.38. The fraction of sp³-hybridized carbons (Fsp3) is 0.714. The lowest BCUT2D eigenvalue weighted by Crippen LogP contribution is -2.44. The Morgan fingerprint density at radius 2 is 2.32 bits per heavy atom. The topological polar surface area (TPSA) is 45.2 Å². The fourth-order valence-corrected chi connectivity index (χ4v) is 3.53. The van der Waals surface area contributed by atoms with Gasteiger partial charge in [-0.15, -0.1) is 11.3 Å². The Morgan fingerprint density at radius 1 is 1.55 bits per heavy atom. The molecule has 2 heterocycles. The van der Waals surface area contributed by atoms with Gasteiger partial charge in [-0.1, -0.05) is 6.92 Å². The summed E-state index contributed by atoms with van der Waals surface area (Å²) >= 11 is 1.60. The van der Waals surface area contributed by atoms with Crippen LogP contribution in [0.2, 0.25) is 0 Å². The lowest BCUT2D eigenvalue weighted by Gasteiger charge is -2.32. The van der Waals surface area contributed by atoms with Gasteiger partial charge in [0, 0.05) is 24.4 Å². The minimum atomic E-state index is -4.29. The van der Waals surface area contributed by atoms with Crippen molar-refractivity contribution in [1.82, 2.24) is 15.2 Å². The second kappa shape index (κ2) is 7.41. The van der Waals surface area contributed by atoms with Crippen molar-refractivity contribution >= 4 is 17.2 Å². The minimum Gasteiger partial charge on any atom is -0.341 e. The molecule has 0 unspecified atom stereocenters. The first-order valence-corrected chi connectivity index (χ1v) is 8.26. The van der Waals surface area contributed by atoms with Gasteiger partial charge in [0.2, 0.25) is 5.91 Å². The molecule has 124 valence electrons. The molecular formula is C14H20F3N3OS. The van der Waals surface area contributed by atoms with Crippen LogP contribution in [0, 0.1) is 0 Å². The number of carbonyl (C=O) groups excluding carboxylic acids is 1. The lowest BCUT2D eigenvalue weighted by molar-refractivity contribution is -0.135. The molecule has 1 fully saturated rings. The van der Waals surface area contributed by atoms with E-state index in [2.05, 4.69) is 10.3 Å².